The highest BCUT2D eigenvalue weighted by Gasteiger charge is 2.21. The van der Waals surface area contributed by atoms with Gasteiger partial charge >= 0.3 is 0 Å². The Balaban J connectivity index is 1.76. The maximum Gasteiger partial charge on any atom is 0.261 e. The van der Waals surface area contributed by atoms with E-state index in [9.17, 15) is 13.2 Å². The molecule has 1 fully saturated rings. The van der Waals surface area contributed by atoms with Crippen LogP contribution in [0.15, 0.2) is 53.4 Å². The Labute approximate surface area is 152 Å². The van der Waals surface area contributed by atoms with E-state index in [1.807, 2.05) is 0 Å². The summed E-state index contributed by atoms with van der Waals surface area (Å²) in [6.45, 7) is 2.32. The molecule has 26 heavy (non-hydrogen) atoms. The molecule has 1 aliphatic rings. The molecule has 2 aromatic rings. The molecule has 1 heterocycles. The average molecular weight is 375 g/mol. The summed E-state index contributed by atoms with van der Waals surface area (Å²) in [6.07, 6.45) is 0. The molecule has 0 atom stereocenters. The number of ether oxygens (including phenoxy) is 1. The van der Waals surface area contributed by atoms with Crippen molar-refractivity contribution in [1.82, 2.24) is 10.6 Å². The van der Waals surface area contributed by atoms with Gasteiger partial charge in [-0.1, -0.05) is 12.1 Å². The van der Waals surface area contributed by atoms with Gasteiger partial charge in [0, 0.05) is 25.6 Å². The van der Waals surface area contributed by atoms with Gasteiger partial charge in [0.2, 0.25) is 0 Å². The van der Waals surface area contributed by atoms with Crippen LogP contribution < -0.4 is 20.1 Å². The molecular weight excluding hydrogens is 354 g/mol. The van der Waals surface area contributed by atoms with E-state index in [1.165, 1.54) is 19.2 Å². The summed E-state index contributed by atoms with van der Waals surface area (Å²) in [5.74, 6) is 0.682. The monoisotopic (exact) mass is 375 g/mol. The highest BCUT2D eigenvalue weighted by atomic mass is 32.2. The third-order valence-corrected chi connectivity index (χ3v) is 5.58. The number of amides is 1. The predicted molar refractivity (Wildman–Crippen MR) is 98.9 cm³/mol. The van der Waals surface area contributed by atoms with Crippen molar-refractivity contribution in [3.8, 4) is 5.75 Å². The summed E-state index contributed by atoms with van der Waals surface area (Å²) in [5.41, 5.74) is 0.532. The van der Waals surface area contributed by atoms with Gasteiger partial charge in [0.25, 0.3) is 15.9 Å². The third kappa shape index (κ3) is 4.14. The molecule has 0 spiro atoms. The topological polar surface area (TPSA) is 96.5 Å². The SMILES string of the molecule is COc1ccc(S(=O)(=O)Nc2ccccc2C(=O)NCC2CNC2)cc1. The van der Waals surface area contributed by atoms with Gasteiger partial charge in [-0.25, -0.2) is 8.42 Å². The van der Waals surface area contributed by atoms with Crippen molar-refractivity contribution >= 4 is 21.6 Å². The van der Waals surface area contributed by atoms with Gasteiger partial charge < -0.3 is 15.4 Å². The molecule has 0 radical (unpaired) electrons. The first-order chi connectivity index (χ1) is 12.5. The summed E-state index contributed by atoms with van der Waals surface area (Å²) in [7, 11) is -2.30. The number of hydrogen-bond donors (Lipinski definition) is 3. The van der Waals surface area contributed by atoms with Crippen LogP contribution in [-0.4, -0.2) is 41.1 Å². The minimum Gasteiger partial charge on any atom is -0.497 e. The number of anilines is 1. The number of nitrogens with one attached hydrogen (secondary N) is 3. The van der Waals surface area contributed by atoms with Crippen LogP contribution in [0.25, 0.3) is 0 Å². The van der Waals surface area contributed by atoms with Crippen LogP contribution >= 0.6 is 0 Å². The lowest BCUT2D eigenvalue weighted by Gasteiger charge is -2.27. The third-order valence-electron chi connectivity index (χ3n) is 4.20. The van der Waals surface area contributed by atoms with E-state index in [4.69, 9.17) is 4.74 Å². The summed E-state index contributed by atoms with van der Waals surface area (Å²) >= 11 is 0. The number of para-hydroxylation sites is 1. The predicted octanol–water partition coefficient (Wildman–Crippen LogP) is 1.45. The van der Waals surface area contributed by atoms with E-state index in [0.717, 1.165) is 13.1 Å². The molecule has 0 aliphatic carbocycles. The lowest BCUT2D eigenvalue weighted by molar-refractivity contribution is 0.0943. The Bertz CT molecular complexity index is 878. The molecule has 0 saturated carbocycles. The van der Waals surface area contributed by atoms with E-state index >= 15 is 0 Å². The fraction of sp³-hybridized carbons (Fsp3) is 0.278. The van der Waals surface area contributed by atoms with Gasteiger partial charge in [0.05, 0.1) is 23.3 Å². The molecule has 138 valence electrons. The van der Waals surface area contributed by atoms with E-state index in [-0.39, 0.29) is 22.1 Å². The number of sulfonamides is 1. The van der Waals surface area contributed by atoms with E-state index in [0.29, 0.717) is 18.2 Å². The van der Waals surface area contributed by atoms with Gasteiger partial charge in [0.15, 0.2) is 0 Å². The fourth-order valence-electron chi connectivity index (χ4n) is 2.55. The number of benzene rings is 2. The molecule has 1 amide bonds. The van der Waals surface area contributed by atoms with Crippen LogP contribution in [0.4, 0.5) is 5.69 Å². The summed E-state index contributed by atoms with van der Waals surface area (Å²) in [4.78, 5) is 12.5. The van der Waals surface area contributed by atoms with Gasteiger partial charge in [-0.3, -0.25) is 9.52 Å². The molecule has 3 N–H and O–H groups in total. The van der Waals surface area contributed by atoms with Gasteiger partial charge in [0.1, 0.15) is 5.75 Å². The van der Waals surface area contributed by atoms with Crippen molar-refractivity contribution in [3.05, 3.63) is 54.1 Å². The van der Waals surface area contributed by atoms with Crippen LogP contribution in [0.2, 0.25) is 0 Å². The Hall–Kier alpha value is -2.58. The van der Waals surface area contributed by atoms with Crippen LogP contribution in [0, 0.1) is 5.92 Å². The van der Waals surface area contributed by atoms with E-state index in [1.54, 1.807) is 36.4 Å². The van der Waals surface area contributed by atoms with Crippen LogP contribution in [-0.2, 0) is 10.0 Å². The summed E-state index contributed by atoms with van der Waals surface area (Å²) < 4.78 is 32.7. The lowest BCUT2D eigenvalue weighted by Crippen LogP contribution is -2.48. The Morgan fingerprint density at radius 3 is 2.46 bits per heavy atom. The first-order valence-electron chi connectivity index (χ1n) is 8.24. The molecular formula is C18H21N3O4S. The number of carbonyl (C=O) groups is 1. The first kappa shape index (κ1) is 18.2. The summed E-state index contributed by atoms with van der Waals surface area (Å²) in [5, 5.41) is 5.99. The standard InChI is InChI=1S/C18H21N3O4S/c1-25-14-6-8-15(9-7-14)26(23,24)21-17-5-3-2-4-16(17)18(22)20-12-13-10-19-11-13/h2-9,13,19,21H,10-12H2,1H3,(H,20,22). The molecule has 0 aromatic heterocycles. The number of rotatable bonds is 7. The highest BCUT2D eigenvalue weighted by Crippen LogP contribution is 2.22. The fourth-order valence-corrected chi connectivity index (χ4v) is 3.63. The van der Waals surface area contributed by atoms with Gasteiger partial charge in [-0.15, -0.1) is 0 Å². The van der Waals surface area contributed by atoms with Crippen LogP contribution in [0.3, 0.4) is 0 Å². The smallest absolute Gasteiger partial charge is 0.261 e. The Kier molecular flexibility index (Phi) is 5.43. The van der Waals surface area contributed by atoms with Crippen LogP contribution in [0.5, 0.6) is 5.75 Å². The second-order valence-electron chi connectivity index (χ2n) is 6.06. The molecule has 3 rings (SSSR count). The zero-order chi connectivity index (χ0) is 18.6. The van der Waals surface area contributed by atoms with Crippen molar-refractivity contribution in [2.24, 2.45) is 5.92 Å². The number of hydrogen-bond acceptors (Lipinski definition) is 5. The second-order valence-corrected chi connectivity index (χ2v) is 7.74. The van der Waals surface area contributed by atoms with Gasteiger partial charge in [-0.2, -0.15) is 0 Å². The molecule has 2 aromatic carbocycles. The highest BCUT2D eigenvalue weighted by molar-refractivity contribution is 7.92. The first-order valence-corrected chi connectivity index (χ1v) is 9.73. The normalized spacial score (nSPS) is 14.3. The van der Waals surface area contributed by atoms with Crippen molar-refractivity contribution < 1.29 is 17.9 Å². The molecule has 8 heteroatoms. The largest absolute Gasteiger partial charge is 0.497 e. The van der Waals surface area contributed by atoms with Crippen molar-refractivity contribution in [1.29, 1.82) is 0 Å². The number of carbonyl (C=O) groups excluding carboxylic acids is 1. The molecule has 1 saturated heterocycles. The molecule has 1 aliphatic heterocycles. The zero-order valence-corrected chi connectivity index (χ0v) is 15.2. The second kappa shape index (κ2) is 7.76. The molecule has 7 nitrogen and oxygen atoms in total. The maximum absolute atomic E-state index is 12.6. The quantitative estimate of drug-likeness (QED) is 0.681. The molecule has 0 unspecified atom stereocenters. The minimum atomic E-state index is -3.81. The number of methoxy groups -OCH3 is 1. The molecule has 0 bridgehead atoms. The van der Waals surface area contributed by atoms with Crippen molar-refractivity contribution in [2.45, 2.75) is 4.90 Å². The lowest BCUT2D eigenvalue weighted by atomic mass is 10.0. The maximum atomic E-state index is 12.6. The van der Waals surface area contributed by atoms with E-state index < -0.39 is 10.0 Å². The zero-order valence-electron chi connectivity index (χ0n) is 14.4. The minimum absolute atomic E-state index is 0.0917. The van der Waals surface area contributed by atoms with Crippen LogP contribution in [0.1, 0.15) is 10.4 Å². The Morgan fingerprint density at radius 1 is 1.15 bits per heavy atom. The van der Waals surface area contributed by atoms with E-state index in [2.05, 4.69) is 15.4 Å². The van der Waals surface area contributed by atoms with Crippen molar-refractivity contribution in [2.75, 3.05) is 31.5 Å². The van der Waals surface area contributed by atoms with Gasteiger partial charge in [-0.05, 0) is 36.4 Å². The van der Waals surface area contributed by atoms with Crippen molar-refractivity contribution in [3.63, 3.8) is 0 Å². The average Bonchev–Trinajstić information content (AvgIpc) is 2.60. The Morgan fingerprint density at radius 2 is 1.85 bits per heavy atom. The summed E-state index contributed by atoms with van der Waals surface area (Å²) in [6, 6.07) is 12.6.